The topological polar surface area (TPSA) is 83.1 Å². The molecule has 0 aliphatic heterocycles. The highest BCUT2D eigenvalue weighted by Crippen LogP contribution is 2.27. The number of hydrogen-bond donors (Lipinski definition) is 1. The molecule has 150 valence electrons. The maximum Gasteiger partial charge on any atom is 0.344 e. The number of carbonyl (C=O) groups is 2. The van der Waals surface area contributed by atoms with Crippen LogP contribution < -0.4 is 19.5 Å². The van der Waals surface area contributed by atoms with Crippen molar-refractivity contribution in [2.75, 3.05) is 25.6 Å². The van der Waals surface area contributed by atoms with Gasteiger partial charge < -0.3 is 24.3 Å². The third-order valence-electron chi connectivity index (χ3n) is 3.59. The lowest BCUT2D eigenvalue weighted by atomic mass is 10.3. The van der Waals surface area contributed by atoms with E-state index >= 15 is 0 Å². The van der Waals surface area contributed by atoms with E-state index in [0.717, 1.165) is 0 Å². The molecule has 1 N–H and O–H groups in total. The molecule has 1 atom stereocenters. The normalized spacial score (nSPS) is 11.3. The minimum absolute atomic E-state index is 0.351. The summed E-state index contributed by atoms with van der Waals surface area (Å²) in [4.78, 5) is 24.2. The van der Waals surface area contributed by atoms with Crippen LogP contribution in [-0.2, 0) is 14.3 Å². The van der Waals surface area contributed by atoms with Gasteiger partial charge in [0.05, 0.1) is 18.7 Å². The van der Waals surface area contributed by atoms with E-state index in [1.807, 2.05) is 6.92 Å². The van der Waals surface area contributed by atoms with E-state index in [0.29, 0.717) is 34.6 Å². The average molecular weight is 408 g/mol. The van der Waals surface area contributed by atoms with E-state index in [4.69, 9.17) is 30.5 Å². The van der Waals surface area contributed by atoms with Crippen molar-refractivity contribution >= 4 is 29.2 Å². The zero-order chi connectivity index (χ0) is 20.5. The van der Waals surface area contributed by atoms with Crippen molar-refractivity contribution in [3.8, 4) is 17.2 Å². The Hall–Kier alpha value is -2.93. The van der Waals surface area contributed by atoms with E-state index in [9.17, 15) is 9.59 Å². The molecule has 7 nitrogen and oxygen atoms in total. The third kappa shape index (κ3) is 6.06. The Balaban J connectivity index is 1.86. The van der Waals surface area contributed by atoms with E-state index in [1.165, 1.54) is 14.0 Å². The van der Waals surface area contributed by atoms with Gasteiger partial charge in [-0.1, -0.05) is 23.7 Å². The highest BCUT2D eigenvalue weighted by atomic mass is 35.5. The Labute approximate surface area is 168 Å². The molecule has 0 aliphatic carbocycles. The summed E-state index contributed by atoms with van der Waals surface area (Å²) in [5, 5.41) is 2.97. The van der Waals surface area contributed by atoms with Crippen LogP contribution in [0.15, 0.2) is 42.5 Å². The second-order valence-corrected chi connectivity index (χ2v) is 6.05. The molecule has 2 aromatic rings. The molecule has 28 heavy (non-hydrogen) atoms. The number of halogens is 1. The van der Waals surface area contributed by atoms with Gasteiger partial charge in [0, 0.05) is 5.69 Å². The van der Waals surface area contributed by atoms with Gasteiger partial charge in [-0.25, -0.2) is 4.79 Å². The maximum absolute atomic E-state index is 12.2. The smallest absolute Gasteiger partial charge is 0.344 e. The van der Waals surface area contributed by atoms with E-state index in [2.05, 4.69) is 5.32 Å². The van der Waals surface area contributed by atoms with Gasteiger partial charge in [0.2, 0.25) is 0 Å². The van der Waals surface area contributed by atoms with Gasteiger partial charge in [-0.15, -0.1) is 0 Å². The van der Waals surface area contributed by atoms with Crippen molar-refractivity contribution in [1.29, 1.82) is 0 Å². The van der Waals surface area contributed by atoms with E-state index in [1.54, 1.807) is 42.5 Å². The number of anilines is 1. The second kappa shape index (κ2) is 10.4. The van der Waals surface area contributed by atoms with Crippen LogP contribution in [0.25, 0.3) is 0 Å². The molecule has 8 heteroatoms. The lowest BCUT2D eigenvalue weighted by Gasteiger charge is -2.15. The first-order chi connectivity index (χ1) is 13.4. The molecular formula is C20H22ClNO6. The maximum atomic E-state index is 12.2. The summed E-state index contributed by atoms with van der Waals surface area (Å²) in [5.74, 6) is 0.265. The summed E-state index contributed by atoms with van der Waals surface area (Å²) in [5.41, 5.74) is 0.459. The predicted octanol–water partition coefficient (Wildman–Crippen LogP) is 3.70. The Kier molecular flexibility index (Phi) is 7.95. The zero-order valence-electron chi connectivity index (χ0n) is 15.9. The van der Waals surface area contributed by atoms with Gasteiger partial charge in [-0.3, -0.25) is 4.79 Å². The second-order valence-electron chi connectivity index (χ2n) is 5.64. The third-order valence-corrected chi connectivity index (χ3v) is 3.89. The lowest BCUT2D eigenvalue weighted by molar-refractivity contribution is -0.155. The fraction of sp³-hybridized carbons (Fsp3) is 0.300. The fourth-order valence-corrected chi connectivity index (χ4v) is 2.51. The van der Waals surface area contributed by atoms with Crippen molar-refractivity contribution < 1.29 is 28.5 Å². The van der Waals surface area contributed by atoms with E-state index in [-0.39, 0.29) is 6.61 Å². The van der Waals surface area contributed by atoms with Crippen LogP contribution in [0.3, 0.4) is 0 Å². The summed E-state index contributed by atoms with van der Waals surface area (Å²) >= 11 is 6.02. The van der Waals surface area contributed by atoms with Crippen LogP contribution in [0.1, 0.15) is 13.8 Å². The number of esters is 1. The van der Waals surface area contributed by atoms with Crippen LogP contribution in [-0.4, -0.2) is 38.3 Å². The van der Waals surface area contributed by atoms with E-state index < -0.39 is 18.0 Å². The summed E-state index contributed by atoms with van der Waals surface area (Å²) in [6.45, 7) is 3.43. The van der Waals surface area contributed by atoms with Crippen LogP contribution in [0.5, 0.6) is 17.2 Å². The number of benzene rings is 2. The number of methoxy groups -OCH3 is 1. The molecule has 0 aromatic heterocycles. The molecule has 0 heterocycles. The molecule has 0 saturated carbocycles. The molecule has 0 radical (unpaired) electrons. The Bertz CT molecular complexity index is 826. The van der Waals surface area contributed by atoms with Crippen LogP contribution in [0.4, 0.5) is 5.69 Å². The SMILES string of the molecule is CCOc1ccccc1OCC(=O)O[C@@H](C)C(=O)Nc1ccc(OC)c(Cl)c1. The molecule has 2 rings (SSSR count). The number of nitrogens with one attached hydrogen (secondary N) is 1. The van der Waals surface area contributed by atoms with Crippen LogP contribution in [0.2, 0.25) is 5.02 Å². The van der Waals surface area contributed by atoms with Crippen molar-refractivity contribution in [3.05, 3.63) is 47.5 Å². The minimum Gasteiger partial charge on any atom is -0.495 e. The molecule has 0 unspecified atom stereocenters. The molecule has 1 amide bonds. The minimum atomic E-state index is -1.01. The number of para-hydroxylation sites is 2. The first-order valence-corrected chi connectivity index (χ1v) is 9.01. The molecule has 0 fully saturated rings. The van der Waals surface area contributed by atoms with Crippen molar-refractivity contribution in [2.24, 2.45) is 0 Å². The van der Waals surface area contributed by atoms with Crippen LogP contribution >= 0.6 is 11.6 Å². The summed E-state index contributed by atoms with van der Waals surface area (Å²) in [6.07, 6.45) is -1.01. The van der Waals surface area contributed by atoms with Gasteiger partial charge >= 0.3 is 5.97 Å². The fourth-order valence-electron chi connectivity index (χ4n) is 2.25. The number of hydrogen-bond acceptors (Lipinski definition) is 6. The predicted molar refractivity (Wildman–Crippen MR) is 105 cm³/mol. The molecule has 0 spiro atoms. The molecule has 2 aromatic carbocycles. The largest absolute Gasteiger partial charge is 0.495 e. The van der Waals surface area contributed by atoms with Gasteiger partial charge in [-0.2, -0.15) is 0 Å². The van der Waals surface area contributed by atoms with Gasteiger partial charge in [0.15, 0.2) is 24.2 Å². The first-order valence-electron chi connectivity index (χ1n) is 8.63. The number of carbonyl (C=O) groups excluding carboxylic acids is 2. The number of amides is 1. The van der Waals surface area contributed by atoms with Gasteiger partial charge in [0.25, 0.3) is 5.91 Å². The van der Waals surface area contributed by atoms with Crippen molar-refractivity contribution in [3.63, 3.8) is 0 Å². The van der Waals surface area contributed by atoms with Crippen LogP contribution in [0, 0.1) is 0 Å². The van der Waals surface area contributed by atoms with Crippen molar-refractivity contribution in [1.82, 2.24) is 0 Å². The highest BCUT2D eigenvalue weighted by molar-refractivity contribution is 6.32. The molecule has 0 saturated heterocycles. The molecule has 0 bridgehead atoms. The first kappa shape index (κ1) is 21.4. The van der Waals surface area contributed by atoms with Crippen molar-refractivity contribution in [2.45, 2.75) is 20.0 Å². The summed E-state index contributed by atoms with van der Waals surface area (Å²) in [7, 11) is 1.50. The Morgan fingerprint density at radius 2 is 1.75 bits per heavy atom. The summed E-state index contributed by atoms with van der Waals surface area (Å²) < 4.78 is 21.0. The molecule has 0 aliphatic rings. The Morgan fingerprint density at radius 3 is 2.36 bits per heavy atom. The number of rotatable bonds is 9. The Morgan fingerprint density at radius 1 is 1.07 bits per heavy atom. The van der Waals surface area contributed by atoms with Gasteiger partial charge in [-0.05, 0) is 44.2 Å². The average Bonchev–Trinajstić information content (AvgIpc) is 2.67. The highest BCUT2D eigenvalue weighted by Gasteiger charge is 2.19. The summed E-state index contributed by atoms with van der Waals surface area (Å²) in [6, 6.07) is 11.8. The quantitative estimate of drug-likeness (QED) is 0.638. The zero-order valence-corrected chi connectivity index (χ0v) is 16.6. The number of ether oxygens (including phenoxy) is 4. The van der Waals surface area contributed by atoms with Gasteiger partial charge in [0.1, 0.15) is 5.75 Å². The standard InChI is InChI=1S/C20H22ClNO6/c1-4-26-17-7-5-6-8-18(17)27-12-19(23)28-13(2)20(24)22-14-9-10-16(25-3)15(21)11-14/h5-11,13H,4,12H2,1-3H3,(H,22,24)/t13-/m0/s1. The lowest BCUT2D eigenvalue weighted by Crippen LogP contribution is -2.31. The monoisotopic (exact) mass is 407 g/mol. The molecular weight excluding hydrogens is 386 g/mol.